The molecule has 6 nitrogen and oxygen atoms in total. The van der Waals surface area contributed by atoms with Crippen LogP contribution in [0.5, 0.6) is 0 Å². The molecule has 2 aromatic heterocycles. The highest BCUT2D eigenvalue weighted by Crippen LogP contribution is 2.35. The van der Waals surface area contributed by atoms with Crippen molar-refractivity contribution < 1.29 is 12.9 Å². The zero-order chi connectivity index (χ0) is 15.2. The van der Waals surface area contributed by atoms with Gasteiger partial charge in [-0.05, 0) is 38.8 Å². The smallest absolute Gasteiger partial charge is 0.249 e. The fourth-order valence-electron chi connectivity index (χ4n) is 2.55. The average Bonchev–Trinajstić information content (AvgIpc) is 3.08. The number of hydrogen-bond acceptors (Lipinski definition) is 4. The second kappa shape index (κ2) is 4.99. The topological polar surface area (TPSA) is 68.3 Å². The molecule has 1 aliphatic carbocycles. The van der Waals surface area contributed by atoms with Crippen LogP contribution < -0.4 is 0 Å². The Morgan fingerprint density at radius 2 is 2.14 bits per heavy atom. The predicted octanol–water partition coefficient (Wildman–Crippen LogP) is 1.98. The maximum absolute atomic E-state index is 13.0. The molecule has 0 radical (unpaired) electrons. The van der Waals surface area contributed by atoms with Crippen molar-refractivity contribution in [2.45, 2.75) is 44.2 Å². The van der Waals surface area contributed by atoms with Crippen LogP contribution in [0, 0.1) is 13.8 Å². The molecule has 0 aliphatic heterocycles. The summed E-state index contributed by atoms with van der Waals surface area (Å²) in [5.74, 6) is 0.352. The highest BCUT2D eigenvalue weighted by molar-refractivity contribution is 7.89. The molecule has 0 amide bonds. The Morgan fingerprint density at radius 1 is 1.43 bits per heavy atom. The van der Waals surface area contributed by atoms with E-state index in [4.69, 9.17) is 4.52 Å². The molecular formula is C14H19N3O3S. The van der Waals surface area contributed by atoms with Crippen LogP contribution in [0.1, 0.15) is 30.0 Å². The quantitative estimate of drug-likeness (QED) is 0.847. The molecule has 0 spiro atoms. The molecule has 2 heterocycles. The summed E-state index contributed by atoms with van der Waals surface area (Å²) < 4.78 is 34.5. The highest BCUT2D eigenvalue weighted by Gasteiger charge is 2.40. The van der Waals surface area contributed by atoms with E-state index < -0.39 is 10.0 Å². The molecule has 0 bridgehead atoms. The first-order valence-electron chi connectivity index (χ1n) is 6.96. The van der Waals surface area contributed by atoms with E-state index in [1.807, 2.05) is 29.9 Å². The molecule has 0 aromatic carbocycles. The van der Waals surface area contributed by atoms with Gasteiger partial charge in [-0.1, -0.05) is 5.16 Å². The van der Waals surface area contributed by atoms with E-state index in [-0.39, 0.29) is 10.9 Å². The molecule has 7 heteroatoms. The molecule has 0 N–H and O–H groups in total. The van der Waals surface area contributed by atoms with E-state index in [1.54, 1.807) is 18.2 Å². The summed E-state index contributed by atoms with van der Waals surface area (Å²) in [4.78, 5) is 0.212. The van der Waals surface area contributed by atoms with Gasteiger partial charge in [0.25, 0.3) is 0 Å². The zero-order valence-corrected chi connectivity index (χ0v) is 13.2. The fraction of sp³-hybridized carbons (Fsp3) is 0.500. The standard InChI is InChI=1S/C14H19N3O3S/c1-10-14(11(2)20-15-10)21(18,19)17(12-6-7-12)9-13-5-4-8-16(13)3/h4-5,8,12H,6-7,9H2,1-3H3. The van der Waals surface area contributed by atoms with Crippen molar-refractivity contribution in [1.82, 2.24) is 14.0 Å². The molecule has 3 rings (SSSR count). The van der Waals surface area contributed by atoms with Crippen LogP contribution in [0.15, 0.2) is 27.7 Å². The van der Waals surface area contributed by atoms with E-state index >= 15 is 0 Å². The Labute approximate surface area is 124 Å². The van der Waals surface area contributed by atoms with E-state index in [0.29, 0.717) is 18.0 Å². The van der Waals surface area contributed by atoms with Crippen molar-refractivity contribution in [3.05, 3.63) is 35.5 Å². The molecular weight excluding hydrogens is 290 g/mol. The number of rotatable bonds is 5. The van der Waals surface area contributed by atoms with Crippen molar-refractivity contribution in [3.8, 4) is 0 Å². The van der Waals surface area contributed by atoms with Gasteiger partial charge in [-0.3, -0.25) is 0 Å². The van der Waals surface area contributed by atoms with E-state index in [9.17, 15) is 8.42 Å². The molecule has 1 saturated carbocycles. The van der Waals surface area contributed by atoms with Crippen LogP contribution in [-0.2, 0) is 23.6 Å². The van der Waals surface area contributed by atoms with Gasteiger partial charge in [0.15, 0.2) is 5.76 Å². The normalized spacial score (nSPS) is 15.8. The molecule has 1 fully saturated rings. The summed E-state index contributed by atoms with van der Waals surface area (Å²) >= 11 is 0. The van der Waals surface area contributed by atoms with Crippen LogP contribution in [0.25, 0.3) is 0 Å². The lowest BCUT2D eigenvalue weighted by atomic mass is 10.4. The first-order valence-corrected chi connectivity index (χ1v) is 8.40. The molecule has 2 aromatic rings. The Morgan fingerprint density at radius 3 is 2.62 bits per heavy atom. The summed E-state index contributed by atoms with van der Waals surface area (Å²) in [5.41, 5.74) is 1.39. The van der Waals surface area contributed by atoms with Crippen LogP contribution in [0.4, 0.5) is 0 Å². The molecule has 0 unspecified atom stereocenters. The number of aryl methyl sites for hydroxylation is 3. The first-order chi connectivity index (χ1) is 9.91. The monoisotopic (exact) mass is 309 g/mol. The van der Waals surface area contributed by atoms with E-state index in [2.05, 4.69) is 5.16 Å². The van der Waals surface area contributed by atoms with Crippen LogP contribution in [-0.4, -0.2) is 28.5 Å². The van der Waals surface area contributed by atoms with Crippen LogP contribution in [0.2, 0.25) is 0 Å². The summed E-state index contributed by atoms with van der Waals surface area (Å²) in [7, 11) is -1.67. The lowest BCUT2D eigenvalue weighted by Crippen LogP contribution is -2.33. The Bertz CT molecular complexity index is 737. The van der Waals surface area contributed by atoms with Gasteiger partial charge in [-0.25, -0.2) is 8.42 Å². The van der Waals surface area contributed by atoms with E-state index in [1.165, 1.54) is 0 Å². The van der Waals surface area contributed by atoms with Crippen molar-refractivity contribution in [3.63, 3.8) is 0 Å². The largest absolute Gasteiger partial charge is 0.360 e. The average molecular weight is 309 g/mol. The number of aromatic nitrogens is 2. The number of sulfonamides is 1. The number of nitrogens with zero attached hydrogens (tertiary/aromatic N) is 3. The minimum Gasteiger partial charge on any atom is -0.360 e. The van der Waals surface area contributed by atoms with Gasteiger partial charge in [-0.15, -0.1) is 0 Å². The van der Waals surface area contributed by atoms with Crippen LogP contribution >= 0.6 is 0 Å². The highest BCUT2D eigenvalue weighted by atomic mass is 32.2. The molecule has 114 valence electrons. The predicted molar refractivity (Wildman–Crippen MR) is 77.1 cm³/mol. The van der Waals surface area contributed by atoms with Crippen molar-refractivity contribution >= 4 is 10.0 Å². The van der Waals surface area contributed by atoms with Gasteiger partial charge in [-0.2, -0.15) is 4.31 Å². The third-order valence-electron chi connectivity index (χ3n) is 3.86. The Hall–Kier alpha value is -1.60. The maximum Gasteiger partial charge on any atom is 0.249 e. The summed E-state index contributed by atoms with van der Waals surface area (Å²) in [6.45, 7) is 3.68. The minimum atomic E-state index is -3.58. The second-order valence-corrected chi connectivity index (χ2v) is 7.37. The Kier molecular flexibility index (Phi) is 3.41. The second-order valence-electron chi connectivity index (χ2n) is 5.55. The lowest BCUT2D eigenvalue weighted by molar-refractivity contribution is 0.381. The molecule has 0 saturated heterocycles. The minimum absolute atomic E-state index is 0.0820. The van der Waals surface area contributed by atoms with Gasteiger partial charge >= 0.3 is 0 Å². The SMILES string of the molecule is Cc1noc(C)c1S(=O)(=O)N(Cc1cccn1C)C1CC1. The van der Waals surface area contributed by atoms with Gasteiger partial charge < -0.3 is 9.09 Å². The molecule has 1 aliphatic rings. The lowest BCUT2D eigenvalue weighted by Gasteiger charge is -2.22. The van der Waals surface area contributed by atoms with Gasteiger partial charge in [0.05, 0.1) is 6.54 Å². The summed E-state index contributed by atoms with van der Waals surface area (Å²) in [5, 5.41) is 3.77. The molecule has 21 heavy (non-hydrogen) atoms. The van der Waals surface area contributed by atoms with Crippen molar-refractivity contribution in [1.29, 1.82) is 0 Å². The fourth-order valence-corrected chi connectivity index (χ4v) is 4.50. The summed E-state index contributed by atoms with van der Waals surface area (Å²) in [6, 6.07) is 3.94. The van der Waals surface area contributed by atoms with Crippen molar-refractivity contribution in [2.24, 2.45) is 7.05 Å². The third kappa shape index (κ3) is 2.51. The van der Waals surface area contributed by atoms with Crippen molar-refractivity contribution in [2.75, 3.05) is 0 Å². The first kappa shape index (κ1) is 14.3. The van der Waals surface area contributed by atoms with Gasteiger partial charge in [0.2, 0.25) is 10.0 Å². The van der Waals surface area contributed by atoms with Crippen LogP contribution in [0.3, 0.4) is 0 Å². The third-order valence-corrected chi connectivity index (χ3v) is 6.00. The summed E-state index contributed by atoms with van der Waals surface area (Å²) in [6.07, 6.45) is 3.74. The number of hydrogen-bond donors (Lipinski definition) is 0. The van der Waals surface area contributed by atoms with E-state index in [0.717, 1.165) is 18.5 Å². The van der Waals surface area contributed by atoms with Gasteiger partial charge in [0, 0.05) is 25.0 Å². The van der Waals surface area contributed by atoms with Gasteiger partial charge in [0.1, 0.15) is 10.6 Å². The Balaban J connectivity index is 1.99. The maximum atomic E-state index is 13.0. The molecule has 0 atom stereocenters. The zero-order valence-electron chi connectivity index (χ0n) is 12.4.